The third kappa shape index (κ3) is 2.32. The fourth-order valence-corrected chi connectivity index (χ4v) is 2.63. The molecule has 2 heterocycles. The van der Waals surface area contributed by atoms with Crippen molar-refractivity contribution in [1.82, 2.24) is 14.8 Å². The zero-order valence-corrected chi connectivity index (χ0v) is 12.0. The maximum absolute atomic E-state index is 11.5. The van der Waals surface area contributed by atoms with E-state index in [-0.39, 0.29) is 10.6 Å². The Bertz CT molecular complexity index is 977. The maximum atomic E-state index is 11.5. The van der Waals surface area contributed by atoms with Gasteiger partial charge in [-0.05, 0) is 30.3 Å². The number of hydrogen-bond acceptors (Lipinski definition) is 5. The Morgan fingerprint density at radius 2 is 1.82 bits per heavy atom. The lowest BCUT2D eigenvalue weighted by atomic mass is 10.2. The van der Waals surface area contributed by atoms with E-state index in [1.807, 2.05) is 0 Å². The number of carbonyl (C=O) groups is 1. The molecule has 22 heavy (non-hydrogen) atoms. The van der Waals surface area contributed by atoms with E-state index in [4.69, 9.17) is 10.9 Å². The molecule has 0 aliphatic rings. The van der Waals surface area contributed by atoms with Crippen molar-refractivity contribution in [1.29, 1.82) is 0 Å². The van der Waals surface area contributed by atoms with Crippen LogP contribution in [0.2, 0.25) is 0 Å². The molecule has 112 valence electrons. The Balaban J connectivity index is 2.20. The number of pyridine rings is 1. The summed E-state index contributed by atoms with van der Waals surface area (Å²) in [4.78, 5) is 15.4. The summed E-state index contributed by atoms with van der Waals surface area (Å²) in [5.74, 6) is -0.669. The number of carbonyl (C=O) groups excluding carboxylic acids is 1. The molecule has 0 fully saturated rings. The molecule has 0 spiro atoms. The molecule has 0 saturated heterocycles. The van der Waals surface area contributed by atoms with Crippen LogP contribution in [0, 0.1) is 0 Å². The molecule has 1 aromatic carbocycles. The topological polar surface area (TPSA) is 134 Å². The summed E-state index contributed by atoms with van der Waals surface area (Å²) in [5, 5.41) is 9.75. The number of benzene rings is 1. The Morgan fingerprint density at radius 1 is 1.14 bits per heavy atom. The highest BCUT2D eigenvalue weighted by atomic mass is 32.2. The maximum Gasteiger partial charge on any atom is 0.269 e. The van der Waals surface area contributed by atoms with Gasteiger partial charge in [-0.25, -0.2) is 18.2 Å². The lowest BCUT2D eigenvalue weighted by molar-refractivity contribution is 0.0996. The van der Waals surface area contributed by atoms with Crippen LogP contribution in [0.4, 0.5) is 0 Å². The van der Waals surface area contributed by atoms with Crippen LogP contribution < -0.4 is 10.9 Å². The monoisotopic (exact) mass is 317 g/mol. The van der Waals surface area contributed by atoms with Crippen molar-refractivity contribution in [3.8, 4) is 5.69 Å². The van der Waals surface area contributed by atoms with Gasteiger partial charge >= 0.3 is 0 Å². The second-order valence-corrected chi connectivity index (χ2v) is 6.12. The molecule has 8 nitrogen and oxygen atoms in total. The molecular formula is C13H11N5O3S. The Morgan fingerprint density at radius 3 is 2.41 bits per heavy atom. The van der Waals surface area contributed by atoms with Crippen LogP contribution in [0.15, 0.2) is 47.6 Å². The molecule has 0 radical (unpaired) electrons. The van der Waals surface area contributed by atoms with Gasteiger partial charge in [0, 0.05) is 12.4 Å². The fraction of sp³-hybridized carbons (Fsp3) is 0. The zero-order chi connectivity index (χ0) is 15.9. The van der Waals surface area contributed by atoms with E-state index in [0.29, 0.717) is 16.6 Å². The molecule has 0 saturated carbocycles. The fourth-order valence-electron chi connectivity index (χ4n) is 2.12. The first-order chi connectivity index (χ1) is 10.4. The van der Waals surface area contributed by atoms with Crippen molar-refractivity contribution in [3.63, 3.8) is 0 Å². The second-order valence-electron chi connectivity index (χ2n) is 4.56. The summed E-state index contributed by atoms with van der Waals surface area (Å²) in [5.41, 5.74) is 6.61. The summed E-state index contributed by atoms with van der Waals surface area (Å²) in [6, 6.07) is 7.49. The van der Waals surface area contributed by atoms with Gasteiger partial charge in [0.05, 0.1) is 21.5 Å². The van der Waals surface area contributed by atoms with Crippen molar-refractivity contribution in [2.24, 2.45) is 10.9 Å². The average molecular weight is 317 g/mol. The Labute approximate surface area is 125 Å². The highest BCUT2D eigenvalue weighted by Gasteiger charge is 2.16. The third-order valence-electron chi connectivity index (χ3n) is 3.12. The van der Waals surface area contributed by atoms with E-state index < -0.39 is 15.9 Å². The first-order valence-electron chi connectivity index (χ1n) is 6.14. The number of amides is 1. The summed E-state index contributed by atoms with van der Waals surface area (Å²) in [6.07, 6.45) is 3.06. The minimum atomic E-state index is -3.77. The minimum absolute atomic E-state index is 0.00972. The van der Waals surface area contributed by atoms with Gasteiger partial charge in [0.2, 0.25) is 10.0 Å². The lowest BCUT2D eigenvalue weighted by Crippen LogP contribution is -2.13. The normalized spacial score (nSPS) is 11.7. The minimum Gasteiger partial charge on any atom is -0.364 e. The molecule has 0 bridgehead atoms. The van der Waals surface area contributed by atoms with Crippen LogP contribution in [0.5, 0.6) is 0 Å². The van der Waals surface area contributed by atoms with Crippen LogP contribution in [-0.2, 0) is 10.0 Å². The van der Waals surface area contributed by atoms with Crippen molar-refractivity contribution in [3.05, 3.63) is 48.4 Å². The average Bonchev–Trinajstić information content (AvgIpc) is 2.86. The quantitative estimate of drug-likeness (QED) is 0.710. The van der Waals surface area contributed by atoms with E-state index in [2.05, 4.69) is 10.1 Å². The smallest absolute Gasteiger partial charge is 0.269 e. The first kappa shape index (κ1) is 14.2. The molecule has 3 rings (SSSR count). The van der Waals surface area contributed by atoms with Crippen LogP contribution >= 0.6 is 0 Å². The number of fused-ring (bicyclic) bond motifs is 1. The van der Waals surface area contributed by atoms with E-state index in [1.54, 1.807) is 12.3 Å². The van der Waals surface area contributed by atoms with Gasteiger partial charge < -0.3 is 5.73 Å². The van der Waals surface area contributed by atoms with Gasteiger partial charge in [0.15, 0.2) is 5.69 Å². The molecule has 0 aliphatic carbocycles. The van der Waals surface area contributed by atoms with Gasteiger partial charge in [-0.2, -0.15) is 5.10 Å². The number of hydrogen-bond donors (Lipinski definition) is 2. The summed E-state index contributed by atoms with van der Waals surface area (Å²) in [6.45, 7) is 0. The van der Waals surface area contributed by atoms with Gasteiger partial charge in [0.25, 0.3) is 5.91 Å². The SMILES string of the molecule is NC(=O)c1nn(-c2ccc(S(N)(=O)=O)cc2)c2ccncc12. The van der Waals surface area contributed by atoms with Crippen molar-refractivity contribution < 1.29 is 13.2 Å². The number of primary amides is 1. The Hall–Kier alpha value is -2.78. The van der Waals surface area contributed by atoms with E-state index in [1.165, 1.54) is 35.1 Å². The first-order valence-corrected chi connectivity index (χ1v) is 7.68. The van der Waals surface area contributed by atoms with Crippen LogP contribution in [0.25, 0.3) is 16.6 Å². The predicted molar refractivity (Wildman–Crippen MR) is 78.8 cm³/mol. The number of sulfonamides is 1. The lowest BCUT2D eigenvalue weighted by Gasteiger charge is -2.04. The number of nitrogens with zero attached hydrogens (tertiary/aromatic N) is 3. The highest BCUT2D eigenvalue weighted by molar-refractivity contribution is 7.89. The van der Waals surface area contributed by atoms with Gasteiger partial charge in [-0.1, -0.05) is 0 Å². The van der Waals surface area contributed by atoms with E-state index >= 15 is 0 Å². The van der Waals surface area contributed by atoms with Gasteiger partial charge in [0.1, 0.15) is 0 Å². The standard InChI is InChI=1S/C13H11N5O3S/c14-13(19)12-10-7-16-6-5-11(10)18(17-12)8-1-3-9(4-2-8)22(15,20)21/h1-7H,(H2,14,19)(H2,15,20,21). The number of rotatable bonds is 3. The summed E-state index contributed by atoms with van der Waals surface area (Å²) >= 11 is 0. The predicted octanol–water partition coefficient (Wildman–Crippen LogP) is 0.167. The van der Waals surface area contributed by atoms with Crippen molar-refractivity contribution in [2.45, 2.75) is 4.90 Å². The number of primary sulfonamides is 1. The van der Waals surface area contributed by atoms with Gasteiger partial charge in [-0.15, -0.1) is 0 Å². The van der Waals surface area contributed by atoms with Crippen LogP contribution in [0.1, 0.15) is 10.5 Å². The van der Waals surface area contributed by atoms with Crippen molar-refractivity contribution in [2.75, 3.05) is 0 Å². The zero-order valence-electron chi connectivity index (χ0n) is 11.2. The molecular weight excluding hydrogens is 306 g/mol. The molecule has 9 heteroatoms. The number of nitrogens with two attached hydrogens (primary N) is 2. The van der Waals surface area contributed by atoms with E-state index in [9.17, 15) is 13.2 Å². The van der Waals surface area contributed by atoms with Gasteiger partial charge in [-0.3, -0.25) is 9.78 Å². The van der Waals surface area contributed by atoms with Crippen molar-refractivity contribution >= 4 is 26.8 Å². The van der Waals surface area contributed by atoms with E-state index in [0.717, 1.165) is 0 Å². The third-order valence-corrected chi connectivity index (χ3v) is 4.05. The number of aromatic nitrogens is 3. The molecule has 0 aliphatic heterocycles. The molecule has 0 atom stereocenters. The molecule has 0 unspecified atom stereocenters. The molecule has 3 aromatic rings. The molecule has 4 N–H and O–H groups in total. The largest absolute Gasteiger partial charge is 0.364 e. The highest BCUT2D eigenvalue weighted by Crippen LogP contribution is 2.21. The Kier molecular flexibility index (Phi) is 3.15. The second kappa shape index (κ2) is 4.90. The van der Waals surface area contributed by atoms with Crippen LogP contribution in [-0.4, -0.2) is 29.1 Å². The van der Waals surface area contributed by atoms with Crippen LogP contribution in [0.3, 0.4) is 0 Å². The summed E-state index contributed by atoms with van der Waals surface area (Å²) in [7, 11) is -3.77. The summed E-state index contributed by atoms with van der Waals surface area (Å²) < 4.78 is 24.0. The molecule has 2 aromatic heterocycles. The molecule has 1 amide bonds.